The van der Waals surface area contributed by atoms with Gasteiger partial charge in [0.25, 0.3) is 5.69 Å². The highest BCUT2D eigenvalue weighted by molar-refractivity contribution is 8.16. The number of rotatable bonds is 2. The molecule has 0 saturated heterocycles. The van der Waals surface area contributed by atoms with Crippen LogP contribution in [0.4, 0.5) is 5.69 Å². The molecule has 2 N–H and O–H groups in total. The Balaban J connectivity index is 1.61. The van der Waals surface area contributed by atoms with Crippen molar-refractivity contribution in [2.24, 2.45) is 5.10 Å². The molecule has 22 heavy (non-hydrogen) atoms. The Hall–Kier alpha value is -2.06. The standard InChI is InChI=1S/C14H15N5O2S/c20-19(21)11-5-3-10(4-6-11)12-9-22-13-15-16-14(17-18(12)13)7-1-2-8-14/h3-6,9,16-17H,1-2,7-8H2. The van der Waals surface area contributed by atoms with Gasteiger partial charge in [-0.15, -0.1) is 0 Å². The summed E-state index contributed by atoms with van der Waals surface area (Å²) in [6.07, 6.45) is 4.45. The zero-order valence-electron chi connectivity index (χ0n) is 11.8. The van der Waals surface area contributed by atoms with E-state index in [0.717, 1.165) is 29.3 Å². The summed E-state index contributed by atoms with van der Waals surface area (Å²) in [4.78, 5) is 10.4. The second kappa shape index (κ2) is 4.99. The molecule has 0 radical (unpaired) electrons. The first-order valence-corrected chi connectivity index (χ1v) is 8.09. The van der Waals surface area contributed by atoms with Crippen molar-refractivity contribution < 1.29 is 4.92 Å². The van der Waals surface area contributed by atoms with Gasteiger partial charge in [-0.3, -0.25) is 15.5 Å². The normalized spacial score (nSPS) is 22.1. The number of hydrogen-bond donors (Lipinski definition) is 2. The van der Waals surface area contributed by atoms with Crippen LogP contribution in [0.15, 0.2) is 34.8 Å². The fourth-order valence-electron chi connectivity index (χ4n) is 3.05. The first kappa shape index (κ1) is 13.6. The van der Waals surface area contributed by atoms with Gasteiger partial charge in [-0.05, 0) is 37.8 Å². The minimum atomic E-state index is -0.384. The number of thioether (sulfide) groups is 1. The van der Waals surface area contributed by atoms with Crippen LogP contribution in [0, 0.1) is 10.1 Å². The summed E-state index contributed by atoms with van der Waals surface area (Å²) >= 11 is 1.54. The molecule has 0 bridgehead atoms. The number of nitrogens with one attached hydrogen (secondary N) is 2. The number of hydrazine groups is 1. The van der Waals surface area contributed by atoms with Crippen LogP contribution in [0.5, 0.6) is 0 Å². The number of benzene rings is 1. The summed E-state index contributed by atoms with van der Waals surface area (Å²) in [6.45, 7) is 0. The topological polar surface area (TPSA) is 82.8 Å². The minimum absolute atomic E-state index is 0.101. The second-order valence-electron chi connectivity index (χ2n) is 5.67. The third kappa shape index (κ3) is 2.15. The van der Waals surface area contributed by atoms with E-state index in [1.807, 2.05) is 10.4 Å². The molecule has 0 aromatic heterocycles. The van der Waals surface area contributed by atoms with E-state index in [1.165, 1.54) is 36.7 Å². The van der Waals surface area contributed by atoms with Crippen molar-refractivity contribution in [3.63, 3.8) is 0 Å². The smallest absolute Gasteiger partial charge is 0.269 e. The molecule has 2 aliphatic heterocycles. The summed E-state index contributed by atoms with van der Waals surface area (Å²) in [6, 6.07) is 6.62. The first-order chi connectivity index (χ1) is 10.7. The average molecular weight is 317 g/mol. The number of nitro groups is 1. The van der Waals surface area contributed by atoms with Crippen LogP contribution in [-0.2, 0) is 0 Å². The van der Waals surface area contributed by atoms with E-state index in [4.69, 9.17) is 0 Å². The number of hydrogen-bond acceptors (Lipinski definition) is 7. The zero-order chi connectivity index (χ0) is 15.2. The fraction of sp³-hybridized carbons (Fsp3) is 0.357. The lowest BCUT2D eigenvalue weighted by atomic mass is 10.1. The van der Waals surface area contributed by atoms with Crippen LogP contribution in [0.25, 0.3) is 5.70 Å². The Morgan fingerprint density at radius 1 is 1.27 bits per heavy atom. The Labute approximate surface area is 131 Å². The Morgan fingerprint density at radius 2 is 2.00 bits per heavy atom. The van der Waals surface area contributed by atoms with Gasteiger partial charge in [0.1, 0.15) is 5.66 Å². The number of nitrogens with zero attached hydrogens (tertiary/aromatic N) is 3. The lowest BCUT2D eigenvalue weighted by molar-refractivity contribution is -0.384. The van der Waals surface area contributed by atoms with Gasteiger partial charge in [0.15, 0.2) is 0 Å². The van der Waals surface area contributed by atoms with E-state index in [-0.39, 0.29) is 16.3 Å². The van der Waals surface area contributed by atoms with Gasteiger partial charge in [-0.2, -0.15) is 5.10 Å². The molecule has 8 heteroatoms. The van der Waals surface area contributed by atoms with Gasteiger partial charge < -0.3 is 0 Å². The maximum absolute atomic E-state index is 10.8. The predicted octanol–water partition coefficient (Wildman–Crippen LogP) is 2.59. The number of hydrazone groups is 1. The van der Waals surface area contributed by atoms with E-state index in [0.29, 0.717) is 0 Å². The van der Waals surface area contributed by atoms with Crippen molar-refractivity contribution in [3.05, 3.63) is 45.4 Å². The Morgan fingerprint density at radius 3 is 2.68 bits per heavy atom. The van der Waals surface area contributed by atoms with Gasteiger partial charge in [0.05, 0.1) is 10.6 Å². The van der Waals surface area contributed by atoms with Gasteiger partial charge in [0.2, 0.25) is 5.17 Å². The molecule has 1 fully saturated rings. The SMILES string of the molecule is O=[N+]([O-])c1ccc(C2=CSC3=NNC4(CCCC4)NN23)cc1. The molecular weight excluding hydrogens is 302 g/mol. The monoisotopic (exact) mass is 317 g/mol. The van der Waals surface area contributed by atoms with Crippen molar-refractivity contribution in [1.29, 1.82) is 0 Å². The highest BCUT2D eigenvalue weighted by atomic mass is 32.2. The zero-order valence-corrected chi connectivity index (χ0v) is 12.6. The molecule has 114 valence electrons. The number of nitro benzene ring substituents is 1. The Kier molecular flexibility index (Phi) is 3.08. The van der Waals surface area contributed by atoms with Crippen molar-refractivity contribution >= 4 is 28.3 Å². The highest BCUT2D eigenvalue weighted by Gasteiger charge is 2.41. The van der Waals surface area contributed by atoms with Crippen molar-refractivity contribution in [2.45, 2.75) is 31.3 Å². The van der Waals surface area contributed by atoms with E-state index >= 15 is 0 Å². The largest absolute Gasteiger partial charge is 0.286 e. The number of non-ortho nitro benzene ring substituents is 1. The third-order valence-corrected chi connectivity index (χ3v) is 5.06. The van der Waals surface area contributed by atoms with Crippen molar-refractivity contribution in [1.82, 2.24) is 15.9 Å². The van der Waals surface area contributed by atoms with Crippen LogP contribution in [0.1, 0.15) is 31.2 Å². The molecule has 0 unspecified atom stereocenters. The van der Waals surface area contributed by atoms with Gasteiger partial charge in [-0.25, -0.2) is 10.4 Å². The van der Waals surface area contributed by atoms with E-state index in [2.05, 4.69) is 16.0 Å². The molecule has 1 aromatic rings. The van der Waals surface area contributed by atoms with Crippen molar-refractivity contribution in [3.8, 4) is 0 Å². The molecule has 4 rings (SSSR count). The molecule has 0 atom stereocenters. The van der Waals surface area contributed by atoms with Gasteiger partial charge in [-0.1, -0.05) is 11.8 Å². The van der Waals surface area contributed by atoms with Crippen LogP contribution in [-0.4, -0.2) is 20.8 Å². The van der Waals surface area contributed by atoms with E-state index in [9.17, 15) is 10.1 Å². The first-order valence-electron chi connectivity index (χ1n) is 7.21. The van der Waals surface area contributed by atoms with Crippen LogP contribution in [0.2, 0.25) is 0 Å². The third-order valence-electron chi connectivity index (χ3n) is 4.23. The molecule has 1 aliphatic carbocycles. The fourth-order valence-corrected chi connectivity index (χ4v) is 3.85. The summed E-state index contributed by atoms with van der Waals surface area (Å²) in [5, 5.41) is 20.1. The molecule has 7 nitrogen and oxygen atoms in total. The number of fused-ring (bicyclic) bond motifs is 1. The second-order valence-corrected chi connectivity index (χ2v) is 6.50. The molecule has 1 spiro atoms. The summed E-state index contributed by atoms with van der Waals surface area (Å²) in [5.41, 5.74) is 8.66. The minimum Gasteiger partial charge on any atom is -0.286 e. The summed E-state index contributed by atoms with van der Waals surface area (Å²) < 4.78 is 0. The van der Waals surface area contributed by atoms with E-state index < -0.39 is 0 Å². The maximum Gasteiger partial charge on any atom is 0.269 e. The lowest BCUT2D eigenvalue weighted by Crippen LogP contribution is -2.63. The predicted molar refractivity (Wildman–Crippen MR) is 85.4 cm³/mol. The molecule has 0 amide bonds. The van der Waals surface area contributed by atoms with Gasteiger partial charge >= 0.3 is 0 Å². The molecule has 1 aromatic carbocycles. The molecule has 1 saturated carbocycles. The highest BCUT2D eigenvalue weighted by Crippen LogP contribution is 2.38. The van der Waals surface area contributed by atoms with Crippen LogP contribution < -0.4 is 10.9 Å². The number of amidine groups is 1. The average Bonchev–Trinajstić information content (AvgIpc) is 3.15. The van der Waals surface area contributed by atoms with Crippen LogP contribution in [0.3, 0.4) is 0 Å². The van der Waals surface area contributed by atoms with Crippen molar-refractivity contribution in [2.75, 3.05) is 0 Å². The van der Waals surface area contributed by atoms with Crippen LogP contribution >= 0.6 is 11.8 Å². The quantitative estimate of drug-likeness (QED) is 0.644. The summed E-state index contributed by atoms with van der Waals surface area (Å²) in [7, 11) is 0. The van der Waals surface area contributed by atoms with Gasteiger partial charge in [0, 0.05) is 23.1 Å². The van der Waals surface area contributed by atoms with E-state index in [1.54, 1.807) is 12.1 Å². The molecule has 3 aliphatic rings. The lowest BCUT2D eigenvalue weighted by Gasteiger charge is -2.40. The maximum atomic E-state index is 10.8. The summed E-state index contributed by atoms with van der Waals surface area (Å²) in [5.74, 6) is 0. The molecule has 2 heterocycles. The molecular formula is C14H15N5O2S. The Bertz CT molecular complexity index is 679.